The first-order valence-corrected chi connectivity index (χ1v) is 6.47. The molecule has 1 aliphatic heterocycles. The zero-order chi connectivity index (χ0) is 14.8. The lowest BCUT2D eigenvalue weighted by Gasteiger charge is -2.44. The molecule has 0 aromatic rings. The highest BCUT2D eigenvalue weighted by Gasteiger charge is 2.48. The van der Waals surface area contributed by atoms with Gasteiger partial charge in [-0.15, -0.1) is 0 Å². The highest BCUT2D eigenvalue weighted by Crippen LogP contribution is 2.28. The number of aliphatic carboxylic acids is 1. The number of likely N-dealkylation sites (tertiary alicyclic amines) is 1. The summed E-state index contributed by atoms with van der Waals surface area (Å²) in [4.78, 5) is 26.9. The standard InChI is InChI=1S/C13H24N2O4/c1-12(2,3)19-11(18)15(5)13(10(16)17)7-6-8-14(4)9-13/h6-9H2,1-5H3,(H,16,17). The van der Waals surface area contributed by atoms with Gasteiger partial charge in [0, 0.05) is 13.6 Å². The van der Waals surface area contributed by atoms with Gasteiger partial charge in [-0.2, -0.15) is 0 Å². The quantitative estimate of drug-likeness (QED) is 0.823. The van der Waals surface area contributed by atoms with Crippen molar-refractivity contribution in [1.82, 2.24) is 9.80 Å². The summed E-state index contributed by atoms with van der Waals surface area (Å²) >= 11 is 0. The molecule has 0 aliphatic carbocycles. The van der Waals surface area contributed by atoms with Crippen LogP contribution in [-0.2, 0) is 9.53 Å². The third-order valence-electron chi connectivity index (χ3n) is 3.37. The van der Waals surface area contributed by atoms with Crippen molar-refractivity contribution in [2.75, 3.05) is 27.2 Å². The van der Waals surface area contributed by atoms with Crippen LogP contribution in [0.4, 0.5) is 4.79 Å². The lowest BCUT2D eigenvalue weighted by Crippen LogP contribution is -2.63. The van der Waals surface area contributed by atoms with E-state index in [-0.39, 0.29) is 0 Å². The van der Waals surface area contributed by atoms with Gasteiger partial charge in [0.25, 0.3) is 0 Å². The Labute approximate surface area is 114 Å². The van der Waals surface area contributed by atoms with Crippen LogP contribution in [0.15, 0.2) is 0 Å². The summed E-state index contributed by atoms with van der Waals surface area (Å²) in [7, 11) is 3.36. The molecule has 0 bridgehead atoms. The van der Waals surface area contributed by atoms with Gasteiger partial charge >= 0.3 is 12.1 Å². The van der Waals surface area contributed by atoms with Crippen LogP contribution in [0.25, 0.3) is 0 Å². The van der Waals surface area contributed by atoms with Crippen LogP contribution < -0.4 is 0 Å². The Bertz CT molecular complexity index is 364. The second-order valence-electron chi connectivity index (χ2n) is 6.22. The molecular formula is C13H24N2O4. The van der Waals surface area contributed by atoms with E-state index < -0.39 is 23.2 Å². The van der Waals surface area contributed by atoms with Crippen molar-refractivity contribution in [2.24, 2.45) is 0 Å². The van der Waals surface area contributed by atoms with Crippen LogP contribution in [-0.4, -0.2) is 65.3 Å². The molecule has 6 nitrogen and oxygen atoms in total. The Morgan fingerprint density at radius 1 is 1.37 bits per heavy atom. The Morgan fingerprint density at radius 2 is 1.95 bits per heavy atom. The molecule has 0 radical (unpaired) electrons. The number of ether oxygens (including phenoxy) is 1. The minimum Gasteiger partial charge on any atom is -0.479 e. The third kappa shape index (κ3) is 3.59. The molecule has 1 aliphatic rings. The molecule has 0 aromatic carbocycles. The van der Waals surface area contributed by atoms with Crippen LogP contribution >= 0.6 is 0 Å². The third-order valence-corrected chi connectivity index (χ3v) is 3.37. The molecule has 110 valence electrons. The number of rotatable bonds is 2. The van der Waals surface area contributed by atoms with Crippen LogP contribution in [0.5, 0.6) is 0 Å². The summed E-state index contributed by atoms with van der Waals surface area (Å²) in [5, 5.41) is 9.55. The number of likely N-dealkylation sites (N-methyl/N-ethyl adjacent to an activating group) is 2. The lowest BCUT2D eigenvalue weighted by atomic mass is 9.88. The first-order chi connectivity index (χ1) is 8.58. The molecule has 0 aromatic heterocycles. The van der Waals surface area contributed by atoms with Gasteiger partial charge in [0.1, 0.15) is 5.60 Å². The van der Waals surface area contributed by atoms with Crippen LogP contribution in [0.3, 0.4) is 0 Å². The molecule has 0 saturated carbocycles. The number of piperidine rings is 1. The van der Waals surface area contributed by atoms with Gasteiger partial charge in [-0.3, -0.25) is 4.90 Å². The average Bonchev–Trinajstić information content (AvgIpc) is 2.25. The number of carboxylic acids is 1. The van der Waals surface area contributed by atoms with Gasteiger partial charge < -0.3 is 14.7 Å². The Hall–Kier alpha value is -1.30. The van der Waals surface area contributed by atoms with Gasteiger partial charge in [-0.1, -0.05) is 0 Å². The summed E-state index contributed by atoms with van der Waals surface area (Å²) in [6.07, 6.45) is 0.600. The fraction of sp³-hybridized carbons (Fsp3) is 0.846. The summed E-state index contributed by atoms with van der Waals surface area (Å²) in [6, 6.07) is 0. The number of carboxylic acid groups (broad SMARTS) is 1. The zero-order valence-electron chi connectivity index (χ0n) is 12.4. The molecule has 1 unspecified atom stereocenters. The van der Waals surface area contributed by atoms with Gasteiger partial charge in [0.2, 0.25) is 0 Å². The molecule has 1 heterocycles. The van der Waals surface area contributed by atoms with Crippen LogP contribution in [0.1, 0.15) is 33.6 Å². The molecule has 1 amide bonds. The van der Waals surface area contributed by atoms with Crippen LogP contribution in [0, 0.1) is 0 Å². The number of nitrogens with zero attached hydrogens (tertiary/aromatic N) is 2. The summed E-state index contributed by atoms with van der Waals surface area (Å²) in [5.41, 5.74) is -1.83. The second kappa shape index (κ2) is 5.36. The zero-order valence-corrected chi connectivity index (χ0v) is 12.4. The van der Waals surface area contributed by atoms with Gasteiger partial charge in [0.15, 0.2) is 5.54 Å². The van der Waals surface area contributed by atoms with Crippen LogP contribution in [0.2, 0.25) is 0 Å². The minimum absolute atomic E-state index is 0.318. The van der Waals surface area contributed by atoms with E-state index in [1.807, 2.05) is 11.9 Å². The first-order valence-electron chi connectivity index (χ1n) is 6.47. The first kappa shape index (κ1) is 15.8. The van der Waals surface area contributed by atoms with E-state index in [2.05, 4.69) is 0 Å². The molecule has 6 heteroatoms. The van der Waals surface area contributed by atoms with Crippen molar-refractivity contribution < 1.29 is 19.4 Å². The summed E-state index contributed by atoms with van der Waals surface area (Å²) < 4.78 is 5.27. The maximum Gasteiger partial charge on any atom is 0.411 e. The number of carbonyl (C=O) groups is 2. The fourth-order valence-corrected chi connectivity index (χ4v) is 2.34. The normalized spacial score (nSPS) is 24.9. The topological polar surface area (TPSA) is 70.1 Å². The van der Waals surface area contributed by atoms with Gasteiger partial charge in [-0.25, -0.2) is 9.59 Å². The van der Waals surface area contributed by atoms with E-state index in [0.717, 1.165) is 13.0 Å². The average molecular weight is 272 g/mol. The smallest absolute Gasteiger partial charge is 0.411 e. The van der Waals surface area contributed by atoms with Crippen molar-refractivity contribution in [1.29, 1.82) is 0 Å². The molecule has 1 saturated heterocycles. The second-order valence-corrected chi connectivity index (χ2v) is 6.22. The SMILES string of the molecule is CN1CCCC(C(=O)O)(N(C)C(=O)OC(C)(C)C)C1. The van der Waals surface area contributed by atoms with E-state index in [1.54, 1.807) is 20.8 Å². The van der Waals surface area contributed by atoms with E-state index in [9.17, 15) is 14.7 Å². The van der Waals surface area contributed by atoms with E-state index in [1.165, 1.54) is 11.9 Å². The van der Waals surface area contributed by atoms with Crippen molar-refractivity contribution in [3.05, 3.63) is 0 Å². The van der Waals surface area contributed by atoms with Gasteiger partial charge in [-0.05, 0) is 47.2 Å². The predicted octanol–water partition coefficient (Wildman–Crippen LogP) is 1.40. The highest BCUT2D eigenvalue weighted by molar-refractivity contribution is 5.84. The van der Waals surface area contributed by atoms with Gasteiger partial charge in [0.05, 0.1) is 0 Å². The number of carbonyl (C=O) groups excluding carboxylic acids is 1. The van der Waals surface area contributed by atoms with Crippen molar-refractivity contribution >= 4 is 12.1 Å². The Morgan fingerprint density at radius 3 is 2.37 bits per heavy atom. The Balaban J connectivity index is 2.93. The number of hydrogen-bond acceptors (Lipinski definition) is 4. The molecule has 19 heavy (non-hydrogen) atoms. The Kier molecular flexibility index (Phi) is 4.45. The maximum atomic E-state index is 12.1. The molecule has 1 rings (SSSR count). The summed E-state index contributed by atoms with van der Waals surface area (Å²) in [5.74, 6) is -0.979. The molecular weight excluding hydrogens is 248 g/mol. The number of amides is 1. The van der Waals surface area contributed by atoms with E-state index >= 15 is 0 Å². The molecule has 1 atom stereocenters. The molecule has 1 N–H and O–H groups in total. The highest BCUT2D eigenvalue weighted by atomic mass is 16.6. The number of hydrogen-bond donors (Lipinski definition) is 1. The fourth-order valence-electron chi connectivity index (χ4n) is 2.34. The molecule has 0 spiro atoms. The lowest BCUT2D eigenvalue weighted by molar-refractivity contribution is -0.154. The molecule has 1 fully saturated rings. The predicted molar refractivity (Wildman–Crippen MR) is 71.1 cm³/mol. The maximum absolute atomic E-state index is 12.1. The van der Waals surface area contributed by atoms with E-state index in [4.69, 9.17) is 4.74 Å². The minimum atomic E-state index is -1.20. The summed E-state index contributed by atoms with van der Waals surface area (Å²) in [6.45, 7) is 6.45. The largest absolute Gasteiger partial charge is 0.479 e. The van der Waals surface area contributed by atoms with Crippen molar-refractivity contribution in [2.45, 2.75) is 44.8 Å². The van der Waals surface area contributed by atoms with Crippen molar-refractivity contribution in [3.63, 3.8) is 0 Å². The monoisotopic (exact) mass is 272 g/mol. The van der Waals surface area contributed by atoms with Crippen molar-refractivity contribution in [3.8, 4) is 0 Å². The van der Waals surface area contributed by atoms with E-state index in [0.29, 0.717) is 13.0 Å².